The molecule has 1 heterocycles. The molecule has 0 saturated carbocycles. The maximum absolute atomic E-state index is 11.3. The number of carbonyl (C=O) groups is 1. The summed E-state index contributed by atoms with van der Waals surface area (Å²) in [5.74, 6) is -0.214. The van der Waals surface area contributed by atoms with Crippen molar-refractivity contribution in [3.63, 3.8) is 0 Å². The van der Waals surface area contributed by atoms with Crippen molar-refractivity contribution in [3.8, 4) is 0 Å². The zero-order valence-corrected chi connectivity index (χ0v) is 14.3. The number of aldehydes is 1. The fraction of sp³-hybridized carbons (Fsp3) is 0.381. The van der Waals surface area contributed by atoms with Crippen LogP contribution in [-0.4, -0.2) is 25.3 Å². The molecule has 0 amide bonds. The van der Waals surface area contributed by atoms with Crippen LogP contribution in [0.1, 0.15) is 24.0 Å². The summed E-state index contributed by atoms with van der Waals surface area (Å²) in [4.78, 5) is 11.3. The van der Waals surface area contributed by atoms with E-state index in [9.17, 15) is 4.79 Å². The molecule has 1 aliphatic rings. The monoisotopic (exact) mass is 340 g/mol. The van der Waals surface area contributed by atoms with Crippen molar-refractivity contribution in [1.82, 2.24) is 0 Å². The SMILES string of the molecule is O=CC1CCC(COCc2ccccc2)OC1OCc1ccccc1. The highest BCUT2D eigenvalue weighted by molar-refractivity contribution is 5.54. The molecule has 4 heteroatoms. The number of rotatable bonds is 8. The Hall–Kier alpha value is -2.01. The van der Waals surface area contributed by atoms with Gasteiger partial charge in [-0.15, -0.1) is 0 Å². The van der Waals surface area contributed by atoms with Crippen LogP contribution in [0.15, 0.2) is 60.7 Å². The van der Waals surface area contributed by atoms with Crippen LogP contribution >= 0.6 is 0 Å². The van der Waals surface area contributed by atoms with Crippen LogP contribution in [-0.2, 0) is 32.2 Å². The number of hydrogen-bond donors (Lipinski definition) is 0. The lowest BCUT2D eigenvalue weighted by Gasteiger charge is -2.33. The molecule has 0 aromatic heterocycles. The van der Waals surface area contributed by atoms with Crippen LogP contribution in [0, 0.1) is 5.92 Å². The predicted molar refractivity (Wildman–Crippen MR) is 94.8 cm³/mol. The van der Waals surface area contributed by atoms with Gasteiger partial charge >= 0.3 is 0 Å². The van der Waals surface area contributed by atoms with Crippen molar-refractivity contribution in [2.75, 3.05) is 6.61 Å². The third kappa shape index (κ3) is 5.49. The molecule has 132 valence electrons. The van der Waals surface area contributed by atoms with E-state index in [1.54, 1.807) is 0 Å². The summed E-state index contributed by atoms with van der Waals surface area (Å²) in [6, 6.07) is 20.0. The first-order valence-electron chi connectivity index (χ1n) is 8.73. The Morgan fingerprint density at radius 3 is 2.20 bits per heavy atom. The Bertz CT molecular complexity index is 629. The van der Waals surface area contributed by atoms with Gasteiger partial charge < -0.3 is 19.0 Å². The number of carbonyl (C=O) groups excluding carboxylic acids is 1. The summed E-state index contributed by atoms with van der Waals surface area (Å²) >= 11 is 0. The summed E-state index contributed by atoms with van der Waals surface area (Å²) in [6.45, 7) is 1.51. The van der Waals surface area contributed by atoms with E-state index in [1.807, 2.05) is 60.7 Å². The second-order valence-corrected chi connectivity index (χ2v) is 6.30. The fourth-order valence-electron chi connectivity index (χ4n) is 2.93. The van der Waals surface area contributed by atoms with Gasteiger partial charge in [-0.3, -0.25) is 0 Å². The lowest BCUT2D eigenvalue weighted by molar-refractivity contribution is -0.230. The first kappa shape index (κ1) is 17.8. The van der Waals surface area contributed by atoms with Crippen LogP contribution < -0.4 is 0 Å². The number of hydrogen-bond acceptors (Lipinski definition) is 4. The van der Waals surface area contributed by atoms with E-state index in [0.29, 0.717) is 19.8 Å². The summed E-state index contributed by atoms with van der Waals surface area (Å²) < 4.78 is 17.6. The third-order valence-electron chi connectivity index (χ3n) is 4.35. The van der Waals surface area contributed by atoms with E-state index < -0.39 is 6.29 Å². The average molecular weight is 340 g/mol. The van der Waals surface area contributed by atoms with Gasteiger partial charge in [0.05, 0.1) is 31.8 Å². The van der Waals surface area contributed by atoms with Crippen LogP contribution in [0.2, 0.25) is 0 Å². The molecule has 2 aromatic rings. The quantitative estimate of drug-likeness (QED) is 0.687. The molecule has 2 aromatic carbocycles. The van der Waals surface area contributed by atoms with Gasteiger partial charge in [0.15, 0.2) is 6.29 Å². The lowest BCUT2D eigenvalue weighted by atomic mass is 9.98. The molecular formula is C21H24O4. The molecule has 25 heavy (non-hydrogen) atoms. The van der Waals surface area contributed by atoms with Crippen LogP contribution in [0.25, 0.3) is 0 Å². The minimum absolute atomic E-state index is 0.0410. The zero-order valence-electron chi connectivity index (χ0n) is 14.3. The Morgan fingerprint density at radius 1 is 0.920 bits per heavy atom. The van der Waals surface area contributed by atoms with E-state index in [0.717, 1.165) is 30.3 Å². The van der Waals surface area contributed by atoms with E-state index in [2.05, 4.69) is 0 Å². The molecule has 0 N–H and O–H groups in total. The van der Waals surface area contributed by atoms with Gasteiger partial charge in [0.25, 0.3) is 0 Å². The number of ether oxygens (including phenoxy) is 3. The Kier molecular flexibility index (Phi) is 6.74. The van der Waals surface area contributed by atoms with Crippen LogP contribution in [0.5, 0.6) is 0 Å². The molecule has 1 aliphatic heterocycles. The van der Waals surface area contributed by atoms with Crippen molar-refractivity contribution in [2.24, 2.45) is 5.92 Å². The molecule has 0 radical (unpaired) electrons. The first-order chi connectivity index (χ1) is 12.3. The average Bonchev–Trinajstić information content (AvgIpc) is 2.68. The maximum atomic E-state index is 11.3. The zero-order chi connectivity index (χ0) is 17.3. The molecule has 1 saturated heterocycles. The topological polar surface area (TPSA) is 44.8 Å². The first-order valence-corrected chi connectivity index (χ1v) is 8.73. The molecule has 3 rings (SSSR count). The largest absolute Gasteiger partial charge is 0.374 e. The smallest absolute Gasteiger partial charge is 0.167 e. The van der Waals surface area contributed by atoms with E-state index in [1.165, 1.54) is 0 Å². The highest BCUT2D eigenvalue weighted by Gasteiger charge is 2.31. The predicted octanol–water partition coefficient (Wildman–Crippen LogP) is 3.74. The molecule has 1 fully saturated rings. The van der Waals surface area contributed by atoms with Gasteiger partial charge in [0.2, 0.25) is 0 Å². The molecule has 0 aliphatic carbocycles. The van der Waals surface area contributed by atoms with Crippen LogP contribution in [0.4, 0.5) is 0 Å². The maximum Gasteiger partial charge on any atom is 0.167 e. The Morgan fingerprint density at radius 2 is 1.56 bits per heavy atom. The minimum Gasteiger partial charge on any atom is -0.374 e. The van der Waals surface area contributed by atoms with Crippen molar-refractivity contribution in [1.29, 1.82) is 0 Å². The fourth-order valence-corrected chi connectivity index (χ4v) is 2.93. The van der Waals surface area contributed by atoms with Crippen molar-refractivity contribution in [3.05, 3.63) is 71.8 Å². The van der Waals surface area contributed by atoms with Crippen molar-refractivity contribution < 1.29 is 19.0 Å². The molecular weight excluding hydrogens is 316 g/mol. The Labute approximate surface area is 148 Å². The van der Waals surface area contributed by atoms with Crippen molar-refractivity contribution in [2.45, 2.75) is 38.4 Å². The van der Waals surface area contributed by atoms with Gasteiger partial charge in [0, 0.05) is 0 Å². The van der Waals surface area contributed by atoms with Gasteiger partial charge in [-0.25, -0.2) is 0 Å². The van der Waals surface area contributed by atoms with Gasteiger partial charge in [-0.05, 0) is 24.0 Å². The summed E-state index contributed by atoms with van der Waals surface area (Å²) in [5.41, 5.74) is 2.21. The summed E-state index contributed by atoms with van der Waals surface area (Å²) in [5, 5.41) is 0. The van der Waals surface area contributed by atoms with Gasteiger partial charge in [-0.1, -0.05) is 60.7 Å². The summed E-state index contributed by atoms with van der Waals surface area (Å²) in [6.07, 6.45) is 1.97. The van der Waals surface area contributed by atoms with Gasteiger partial charge in [-0.2, -0.15) is 0 Å². The second-order valence-electron chi connectivity index (χ2n) is 6.30. The highest BCUT2D eigenvalue weighted by Crippen LogP contribution is 2.26. The summed E-state index contributed by atoms with van der Waals surface area (Å²) in [7, 11) is 0. The highest BCUT2D eigenvalue weighted by atomic mass is 16.7. The molecule has 4 nitrogen and oxygen atoms in total. The Balaban J connectivity index is 1.47. The second kappa shape index (κ2) is 9.47. The lowest BCUT2D eigenvalue weighted by Crippen LogP contribution is -2.39. The normalized spacial score (nSPS) is 23.3. The molecule has 3 atom stereocenters. The third-order valence-corrected chi connectivity index (χ3v) is 4.35. The van der Waals surface area contributed by atoms with Gasteiger partial charge in [0.1, 0.15) is 6.29 Å². The standard InChI is InChI=1S/C21H24O4/c22-13-19-11-12-20(16-23-14-17-7-3-1-4-8-17)25-21(19)24-15-18-9-5-2-6-10-18/h1-10,13,19-21H,11-12,14-16H2. The van der Waals surface area contributed by atoms with E-state index in [-0.39, 0.29) is 12.0 Å². The van der Waals surface area contributed by atoms with E-state index in [4.69, 9.17) is 14.2 Å². The minimum atomic E-state index is -0.503. The van der Waals surface area contributed by atoms with Crippen LogP contribution in [0.3, 0.4) is 0 Å². The number of benzene rings is 2. The van der Waals surface area contributed by atoms with E-state index >= 15 is 0 Å². The molecule has 0 bridgehead atoms. The molecule has 0 spiro atoms. The van der Waals surface area contributed by atoms with Crippen molar-refractivity contribution >= 4 is 6.29 Å². The molecule has 3 unspecified atom stereocenters.